The number of phenolic OH excluding ortho intramolecular Hbond substituents is 3. The molecule has 0 aliphatic carbocycles. The lowest BCUT2D eigenvalue weighted by Gasteiger charge is -2.24. The number of nitrogens with zero attached hydrogens (tertiary/aromatic N) is 5. The first-order valence-electron chi connectivity index (χ1n) is 17.9. The highest BCUT2D eigenvalue weighted by Crippen LogP contribution is 2.43. The molecule has 0 spiro atoms. The molecule has 0 saturated carbocycles. The van der Waals surface area contributed by atoms with Gasteiger partial charge < -0.3 is 25.8 Å². The number of carbonyl (C=O) groups is 3. The first-order chi connectivity index (χ1) is 29.7. The molecule has 0 aromatic heterocycles. The van der Waals surface area contributed by atoms with Crippen molar-refractivity contribution in [3.63, 3.8) is 0 Å². The van der Waals surface area contributed by atoms with Crippen molar-refractivity contribution in [3.05, 3.63) is 115 Å². The van der Waals surface area contributed by atoms with Gasteiger partial charge >= 0.3 is 0 Å². The van der Waals surface area contributed by atoms with Gasteiger partial charge in [0.2, 0.25) is 17.4 Å². The van der Waals surface area contributed by atoms with Gasteiger partial charge in [0, 0.05) is 29.0 Å². The number of hydrazone groups is 1. The number of carbonyl (C=O) groups excluding carboxylic acids is 3. The summed E-state index contributed by atoms with van der Waals surface area (Å²) in [5.41, 5.74) is 8.30. The highest BCUT2D eigenvalue weighted by Gasteiger charge is 2.31. The number of rotatable bonds is 4. The molecule has 0 bridgehead atoms. The number of aromatic hydroxyl groups is 3. The summed E-state index contributed by atoms with van der Waals surface area (Å²) in [6, 6.07) is 8.98. The van der Waals surface area contributed by atoms with E-state index in [4.69, 9.17) is 114 Å². The summed E-state index contributed by atoms with van der Waals surface area (Å²) >= 11 is 46.3. The Balaban J connectivity index is 0.000000262. The highest BCUT2D eigenvalue weighted by atomic mass is 35.5. The van der Waals surface area contributed by atoms with E-state index in [1.165, 1.54) is 19.1 Å². The first kappa shape index (κ1) is 53.3. The second kappa shape index (κ2) is 22.7. The number of aryl methyl sites for hydroxylation is 1. The minimum atomic E-state index is -0.647. The molecule has 0 atom stereocenters. The minimum Gasteiger partial charge on any atom is -0.505 e. The number of Topliss-reactive ketones (excluding diaryl/α,β-unsaturated/α-hetero) is 2. The van der Waals surface area contributed by atoms with E-state index in [9.17, 15) is 34.7 Å². The van der Waals surface area contributed by atoms with Gasteiger partial charge in [-0.3, -0.25) is 24.5 Å². The molecule has 5 N–H and O–H groups in total. The predicted molar refractivity (Wildman–Crippen MR) is 252 cm³/mol. The van der Waals surface area contributed by atoms with Crippen LogP contribution in [-0.2, 0) is 14.4 Å². The molecule has 1 amide bonds. The minimum absolute atomic E-state index is 0.00155. The number of nitrogen functional groups attached to an aromatic ring is 1. The molecule has 0 radical (unpaired) electrons. The van der Waals surface area contributed by atoms with Gasteiger partial charge in [0.05, 0.1) is 57.2 Å². The van der Waals surface area contributed by atoms with Gasteiger partial charge in [-0.1, -0.05) is 113 Å². The normalized spacial score (nSPS) is 13.2. The van der Waals surface area contributed by atoms with Gasteiger partial charge in [0.15, 0.2) is 28.8 Å². The Hall–Kier alpha value is -5.02. The van der Waals surface area contributed by atoms with E-state index in [1.54, 1.807) is 45.0 Å². The van der Waals surface area contributed by atoms with Crippen LogP contribution in [-0.4, -0.2) is 55.9 Å². The number of ether oxygens (including phenoxy) is 1. The van der Waals surface area contributed by atoms with E-state index in [-0.39, 0.29) is 105 Å². The van der Waals surface area contributed by atoms with Crippen LogP contribution in [0.2, 0.25) is 40.2 Å². The Kier molecular flexibility index (Phi) is 18.9. The Morgan fingerprint density at radius 1 is 0.797 bits per heavy atom. The number of dihydropyridines is 1. The quantitative estimate of drug-likeness (QED) is 0.0492. The van der Waals surface area contributed by atoms with Crippen molar-refractivity contribution in [1.29, 1.82) is 5.26 Å². The molecule has 15 nitrogen and oxygen atoms in total. The SMILES string of the molecule is Cc1c(N)cc(Cl)c(O)c1Cl.Cc1c(N2N=C(C#N)C(=O)CC2=O)cc(Cl)c(OC2=NCC(=O)C(C(C)C)=C2)c1Cl.Cc1c([N+](=O)[O-])cc(Cl)c(O)c1Cl.Cc1ccc(Cl)c(O)c1Cl. The van der Waals surface area contributed by atoms with Gasteiger partial charge in [-0.15, -0.1) is 0 Å². The van der Waals surface area contributed by atoms with E-state index in [2.05, 4.69) is 10.1 Å². The van der Waals surface area contributed by atoms with Crippen LogP contribution in [0.15, 0.2) is 52.1 Å². The Bertz CT molecular complexity index is 2660. The lowest BCUT2D eigenvalue weighted by molar-refractivity contribution is -0.385. The zero-order valence-corrected chi connectivity index (χ0v) is 40.1. The molecule has 2 aliphatic rings. The summed E-state index contributed by atoms with van der Waals surface area (Å²) in [7, 11) is 0. The number of hydrogen-bond donors (Lipinski definition) is 4. The third-order valence-electron chi connectivity index (χ3n) is 8.89. The maximum atomic E-state index is 12.3. The van der Waals surface area contributed by atoms with Gasteiger partial charge in [-0.05, 0) is 68.5 Å². The zero-order chi connectivity index (χ0) is 48.7. The van der Waals surface area contributed by atoms with Crippen LogP contribution in [0.4, 0.5) is 17.1 Å². The van der Waals surface area contributed by atoms with E-state index >= 15 is 0 Å². The van der Waals surface area contributed by atoms with Crippen molar-refractivity contribution in [1.82, 2.24) is 0 Å². The summed E-state index contributed by atoms with van der Waals surface area (Å²) in [6.07, 6.45) is 1.07. The molecule has 2 heterocycles. The number of hydrogen-bond acceptors (Lipinski definition) is 13. The number of phenols is 3. The number of amides is 1. The van der Waals surface area contributed by atoms with Gasteiger partial charge in [-0.2, -0.15) is 15.4 Å². The first-order valence-corrected chi connectivity index (χ1v) is 21.0. The number of halogens is 8. The fourth-order valence-corrected chi connectivity index (χ4v) is 6.98. The maximum Gasteiger partial charge on any atom is 0.275 e. The predicted octanol–water partition coefficient (Wildman–Crippen LogP) is 11.9. The van der Waals surface area contributed by atoms with Crippen LogP contribution >= 0.6 is 92.8 Å². The summed E-state index contributed by atoms with van der Waals surface area (Å²) in [5, 5.41) is 52.7. The lowest BCUT2D eigenvalue weighted by atomic mass is 9.97. The average Bonchev–Trinajstić information content (AvgIpc) is 3.24. The number of nitrogens with two attached hydrogens (primary N) is 1. The molecule has 0 saturated heterocycles. The molecule has 2 aliphatic heterocycles. The molecule has 64 heavy (non-hydrogen) atoms. The molecular formula is C41H34Cl8N6O9. The maximum absolute atomic E-state index is 12.3. The number of nitriles is 1. The number of aliphatic imine (C=N–C) groups is 1. The van der Waals surface area contributed by atoms with E-state index in [1.807, 2.05) is 13.8 Å². The number of ketones is 2. The fourth-order valence-electron chi connectivity index (χ4n) is 5.18. The summed E-state index contributed by atoms with van der Waals surface area (Å²) < 4.78 is 5.77. The van der Waals surface area contributed by atoms with Crippen molar-refractivity contribution in [2.75, 3.05) is 17.3 Å². The standard InChI is InChI=1S/C20H16Cl2N4O4.C7H5Cl2NO3.C7H7Cl2NO.C7H6Cl2O/c1-9(2)11-4-17(24-8-16(11)28)30-20-12(21)5-14(10(3)19(20)22)26-18(29)6-15(27)13(7-23)25-26;1-3-5(10(12)13)2-4(8)7(11)6(3)9;1-3-5(10)2-4(8)7(11)6(3)9;1-4-2-3-5(8)7(10)6(4)9/h4-5,9H,6,8H2,1-3H3;2,11H,1H3;2,11H,10H2,1H3;2-3,10H,1H3. The lowest BCUT2D eigenvalue weighted by Crippen LogP contribution is -2.37. The molecule has 338 valence electrons. The van der Waals surface area contributed by atoms with Crippen LogP contribution in [0.5, 0.6) is 23.0 Å². The fraction of sp³-hybridized carbons (Fsp3) is 0.220. The van der Waals surface area contributed by atoms with Crippen LogP contribution in [0.1, 0.15) is 42.5 Å². The molecule has 0 unspecified atom stereocenters. The van der Waals surface area contributed by atoms with Crippen molar-refractivity contribution in [2.24, 2.45) is 16.0 Å². The largest absolute Gasteiger partial charge is 0.505 e. The van der Waals surface area contributed by atoms with Crippen molar-refractivity contribution < 1.29 is 39.4 Å². The molecule has 4 aromatic rings. The Morgan fingerprint density at radius 2 is 1.36 bits per heavy atom. The molecule has 4 aromatic carbocycles. The molecule has 23 heteroatoms. The van der Waals surface area contributed by atoms with Crippen LogP contribution < -0.4 is 15.5 Å². The van der Waals surface area contributed by atoms with Gasteiger partial charge in [0.1, 0.15) is 12.6 Å². The van der Waals surface area contributed by atoms with Crippen molar-refractivity contribution in [3.8, 4) is 29.1 Å². The third kappa shape index (κ3) is 12.6. The number of nitro groups is 1. The highest BCUT2D eigenvalue weighted by molar-refractivity contribution is 6.50. The van der Waals surface area contributed by atoms with Gasteiger partial charge in [-0.25, -0.2) is 4.99 Å². The van der Waals surface area contributed by atoms with E-state index < -0.39 is 23.0 Å². The van der Waals surface area contributed by atoms with Crippen molar-refractivity contribution in [2.45, 2.75) is 48.0 Å². The molecule has 6 rings (SSSR count). The Labute approximate surface area is 405 Å². The van der Waals surface area contributed by atoms with E-state index in [0.29, 0.717) is 27.4 Å². The monoisotopic (exact) mass is 1030 g/mol. The van der Waals surface area contributed by atoms with Gasteiger partial charge in [0.25, 0.3) is 11.6 Å². The molecular weight excluding hydrogens is 1000 g/mol. The van der Waals surface area contributed by atoms with Crippen molar-refractivity contribution >= 4 is 139 Å². The third-order valence-corrected chi connectivity index (χ3v) is 11.9. The summed E-state index contributed by atoms with van der Waals surface area (Å²) in [5.74, 6) is -1.51. The average molecular weight is 1040 g/mol. The summed E-state index contributed by atoms with van der Waals surface area (Å²) in [6.45, 7) is 10.3. The number of nitro benzene ring substituents is 1. The smallest absolute Gasteiger partial charge is 0.275 e. The molecule has 0 fully saturated rings. The zero-order valence-electron chi connectivity index (χ0n) is 34.1. The number of anilines is 2. The van der Waals surface area contributed by atoms with Crippen LogP contribution in [0.25, 0.3) is 0 Å². The Morgan fingerprint density at radius 3 is 1.91 bits per heavy atom. The topological polar surface area (TPSA) is 242 Å². The van der Waals surface area contributed by atoms with Crippen LogP contribution in [0, 0.1) is 55.1 Å². The number of benzene rings is 4. The second-order valence-electron chi connectivity index (χ2n) is 13.6. The second-order valence-corrected chi connectivity index (χ2v) is 16.8. The van der Waals surface area contributed by atoms with E-state index in [0.717, 1.165) is 16.6 Å². The summed E-state index contributed by atoms with van der Waals surface area (Å²) in [4.78, 5) is 49.9. The van der Waals surface area contributed by atoms with Crippen LogP contribution in [0.3, 0.4) is 0 Å².